The SMILES string of the molecule is Cc1ccc(C(C#CC(=O)O)Nc2ccccc2)cc1. The van der Waals surface area contributed by atoms with Crippen molar-refractivity contribution in [3.05, 3.63) is 65.7 Å². The van der Waals surface area contributed by atoms with Crippen LogP contribution in [0.2, 0.25) is 0 Å². The van der Waals surface area contributed by atoms with Gasteiger partial charge in [0.25, 0.3) is 0 Å². The molecule has 0 saturated heterocycles. The predicted octanol–water partition coefficient (Wildman–Crippen LogP) is 3.24. The molecule has 2 aromatic carbocycles. The molecular weight excluding hydrogens is 250 g/mol. The van der Waals surface area contributed by atoms with Gasteiger partial charge in [-0.1, -0.05) is 53.9 Å². The van der Waals surface area contributed by atoms with Crippen LogP contribution in [0.1, 0.15) is 17.2 Å². The van der Waals surface area contributed by atoms with Crippen molar-refractivity contribution in [2.75, 3.05) is 5.32 Å². The van der Waals surface area contributed by atoms with Crippen molar-refractivity contribution in [2.24, 2.45) is 0 Å². The molecule has 0 aliphatic carbocycles. The minimum atomic E-state index is -1.13. The Balaban J connectivity index is 2.28. The number of para-hydroxylation sites is 1. The molecule has 3 nitrogen and oxygen atoms in total. The highest BCUT2D eigenvalue weighted by Gasteiger charge is 2.08. The molecule has 0 aliphatic heterocycles. The summed E-state index contributed by atoms with van der Waals surface area (Å²) in [6.45, 7) is 2.01. The van der Waals surface area contributed by atoms with E-state index in [9.17, 15) is 4.79 Å². The van der Waals surface area contributed by atoms with Gasteiger partial charge in [0, 0.05) is 11.6 Å². The summed E-state index contributed by atoms with van der Waals surface area (Å²) in [6.07, 6.45) is 0. The standard InChI is InChI=1S/C17H15NO2/c1-13-7-9-14(10-8-13)16(11-12-17(19)20)18-15-5-3-2-4-6-15/h2-10,16,18H,1H3,(H,19,20). The summed E-state index contributed by atoms with van der Waals surface area (Å²) >= 11 is 0. The second-order valence-corrected chi connectivity index (χ2v) is 4.43. The first-order valence-corrected chi connectivity index (χ1v) is 6.28. The maximum absolute atomic E-state index is 10.6. The fourth-order valence-corrected chi connectivity index (χ4v) is 1.80. The first-order valence-electron chi connectivity index (χ1n) is 6.28. The van der Waals surface area contributed by atoms with Crippen LogP contribution >= 0.6 is 0 Å². The summed E-state index contributed by atoms with van der Waals surface area (Å²) < 4.78 is 0. The van der Waals surface area contributed by atoms with E-state index < -0.39 is 5.97 Å². The van der Waals surface area contributed by atoms with E-state index >= 15 is 0 Å². The molecule has 0 saturated carbocycles. The summed E-state index contributed by atoms with van der Waals surface area (Å²) in [6, 6.07) is 17.1. The molecule has 2 aromatic rings. The normalized spacial score (nSPS) is 11.1. The lowest BCUT2D eigenvalue weighted by Crippen LogP contribution is -2.09. The average molecular weight is 265 g/mol. The molecule has 0 amide bonds. The van der Waals surface area contributed by atoms with Crippen molar-refractivity contribution >= 4 is 11.7 Å². The van der Waals surface area contributed by atoms with Crippen molar-refractivity contribution in [2.45, 2.75) is 13.0 Å². The van der Waals surface area contributed by atoms with E-state index in [2.05, 4.69) is 17.2 Å². The average Bonchev–Trinajstić information content (AvgIpc) is 2.45. The highest BCUT2D eigenvalue weighted by Crippen LogP contribution is 2.19. The van der Waals surface area contributed by atoms with E-state index in [-0.39, 0.29) is 6.04 Å². The molecule has 100 valence electrons. The molecular formula is C17H15NO2. The summed E-state index contributed by atoms with van der Waals surface area (Å²) in [5.74, 6) is 3.80. The third-order valence-electron chi connectivity index (χ3n) is 2.82. The minimum Gasteiger partial charge on any atom is -0.472 e. The molecule has 0 bridgehead atoms. The van der Waals surface area contributed by atoms with Crippen molar-refractivity contribution in [3.63, 3.8) is 0 Å². The Morgan fingerprint density at radius 2 is 1.75 bits per heavy atom. The number of anilines is 1. The van der Waals surface area contributed by atoms with Gasteiger partial charge in [-0.2, -0.15) is 0 Å². The van der Waals surface area contributed by atoms with E-state index in [1.54, 1.807) is 0 Å². The van der Waals surface area contributed by atoms with Crippen molar-refractivity contribution in [3.8, 4) is 11.8 Å². The zero-order chi connectivity index (χ0) is 14.4. The van der Waals surface area contributed by atoms with Crippen LogP contribution in [0.4, 0.5) is 5.69 Å². The highest BCUT2D eigenvalue weighted by atomic mass is 16.4. The van der Waals surface area contributed by atoms with Gasteiger partial charge in [-0.05, 0) is 24.6 Å². The smallest absolute Gasteiger partial charge is 0.381 e. The molecule has 0 spiro atoms. The molecule has 0 aromatic heterocycles. The Hall–Kier alpha value is -2.73. The van der Waals surface area contributed by atoms with Gasteiger partial charge >= 0.3 is 5.97 Å². The molecule has 0 heterocycles. The van der Waals surface area contributed by atoms with E-state index in [0.717, 1.165) is 16.8 Å². The molecule has 2 rings (SSSR count). The Labute approximate surface area is 118 Å². The molecule has 1 atom stereocenters. The predicted molar refractivity (Wildman–Crippen MR) is 79.4 cm³/mol. The van der Waals surface area contributed by atoms with Crippen LogP contribution in [0.3, 0.4) is 0 Å². The van der Waals surface area contributed by atoms with Crippen molar-refractivity contribution < 1.29 is 9.90 Å². The topological polar surface area (TPSA) is 49.3 Å². The number of carboxylic acid groups (broad SMARTS) is 1. The van der Waals surface area contributed by atoms with Gasteiger partial charge in [0.2, 0.25) is 0 Å². The fourth-order valence-electron chi connectivity index (χ4n) is 1.80. The van der Waals surface area contributed by atoms with Crippen LogP contribution in [-0.4, -0.2) is 11.1 Å². The van der Waals surface area contributed by atoms with Crippen LogP contribution in [0.5, 0.6) is 0 Å². The van der Waals surface area contributed by atoms with Crippen LogP contribution in [0.15, 0.2) is 54.6 Å². The summed E-state index contributed by atoms with van der Waals surface area (Å²) in [7, 11) is 0. The Morgan fingerprint density at radius 3 is 2.35 bits per heavy atom. The van der Waals surface area contributed by atoms with Crippen LogP contribution in [0.25, 0.3) is 0 Å². The third-order valence-corrected chi connectivity index (χ3v) is 2.82. The van der Waals surface area contributed by atoms with E-state index in [0.29, 0.717) is 0 Å². The van der Waals surface area contributed by atoms with Crippen LogP contribution in [0, 0.1) is 18.8 Å². The summed E-state index contributed by atoms with van der Waals surface area (Å²) in [4.78, 5) is 10.6. The van der Waals surface area contributed by atoms with Crippen molar-refractivity contribution in [1.29, 1.82) is 0 Å². The summed E-state index contributed by atoms with van der Waals surface area (Å²) in [5, 5.41) is 12.0. The van der Waals surface area contributed by atoms with Gasteiger partial charge in [0.05, 0.1) is 0 Å². The maximum Gasteiger partial charge on any atom is 0.381 e. The number of aliphatic carboxylic acids is 1. The van der Waals surface area contributed by atoms with E-state index in [4.69, 9.17) is 5.11 Å². The molecule has 2 N–H and O–H groups in total. The molecule has 3 heteroatoms. The number of benzene rings is 2. The van der Waals surface area contributed by atoms with Crippen molar-refractivity contribution in [1.82, 2.24) is 0 Å². The zero-order valence-electron chi connectivity index (χ0n) is 11.1. The van der Waals surface area contributed by atoms with Gasteiger partial charge in [-0.3, -0.25) is 0 Å². The number of hydrogen-bond acceptors (Lipinski definition) is 2. The lowest BCUT2D eigenvalue weighted by atomic mass is 10.1. The second kappa shape index (κ2) is 6.44. The lowest BCUT2D eigenvalue weighted by Gasteiger charge is -2.15. The molecule has 0 radical (unpaired) electrons. The fraction of sp³-hybridized carbons (Fsp3) is 0.118. The first kappa shape index (κ1) is 13.7. The first-order chi connectivity index (χ1) is 9.65. The lowest BCUT2D eigenvalue weighted by molar-refractivity contribution is -0.130. The highest BCUT2D eigenvalue weighted by molar-refractivity contribution is 5.86. The molecule has 0 aliphatic rings. The number of aryl methyl sites for hydroxylation is 1. The molecule has 20 heavy (non-hydrogen) atoms. The van der Waals surface area contributed by atoms with Gasteiger partial charge in [0.1, 0.15) is 6.04 Å². The van der Waals surface area contributed by atoms with E-state index in [1.807, 2.05) is 61.5 Å². The van der Waals surface area contributed by atoms with Gasteiger partial charge in [-0.25, -0.2) is 4.79 Å². The second-order valence-electron chi connectivity index (χ2n) is 4.43. The minimum absolute atomic E-state index is 0.353. The van der Waals surface area contributed by atoms with Gasteiger partial charge in [0.15, 0.2) is 0 Å². The van der Waals surface area contributed by atoms with Crippen LogP contribution < -0.4 is 5.32 Å². The Morgan fingerprint density at radius 1 is 1.10 bits per heavy atom. The Bertz CT molecular complexity index is 636. The number of nitrogens with one attached hydrogen (secondary N) is 1. The number of carbonyl (C=O) groups is 1. The van der Waals surface area contributed by atoms with Crippen LogP contribution in [-0.2, 0) is 4.79 Å². The maximum atomic E-state index is 10.6. The monoisotopic (exact) mass is 265 g/mol. The number of hydrogen-bond donors (Lipinski definition) is 2. The van der Waals surface area contributed by atoms with Gasteiger partial charge in [-0.15, -0.1) is 0 Å². The quantitative estimate of drug-likeness (QED) is 0.838. The molecule has 0 fully saturated rings. The Kier molecular flexibility index (Phi) is 4.41. The molecule has 1 unspecified atom stereocenters. The van der Waals surface area contributed by atoms with E-state index in [1.165, 1.54) is 0 Å². The van der Waals surface area contributed by atoms with Gasteiger partial charge < -0.3 is 10.4 Å². The third kappa shape index (κ3) is 3.89. The number of rotatable bonds is 3. The zero-order valence-corrected chi connectivity index (χ0v) is 11.1. The number of carboxylic acids is 1. The largest absolute Gasteiger partial charge is 0.472 e. The summed E-state index contributed by atoms with van der Waals surface area (Å²) in [5.41, 5.74) is 2.99.